The van der Waals surface area contributed by atoms with E-state index in [4.69, 9.17) is 16.3 Å². The highest BCUT2D eigenvalue weighted by Crippen LogP contribution is 2.24. The van der Waals surface area contributed by atoms with Crippen molar-refractivity contribution in [3.05, 3.63) is 94.8 Å². The minimum Gasteiger partial charge on any atom is -0.457 e. The number of halogens is 2. The number of hydrogen-bond acceptors (Lipinski definition) is 3. The Kier molecular flexibility index (Phi) is 7.40. The molecular formula is C23H20ClFN2O3. The van der Waals surface area contributed by atoms with Crippen LogP contribution in [0.5, 0.6) is 11.5 Å². The van der Waals surface area contributed by atoms with Crippen LogP contribution < -0.4 is 15.4 Å². The number of nitrogens with one attached hydrogen (secondary N) is 2. The first-order valence-electron chi connectivity index (χ1n) is 9.33. The van der Waals surface area contributed by atoms with Gasteiger partial charge in [-0.2, -0.15) is 0 Å². The van der Waals surface area contributed by atoms with Gasteiger partial charge in [-0.1, -0.05) is 48.0 Å². The highest BCUT2D eigenvalue weighted by molar-refractivity contribution is 6.33. The van der Waals surface area contributed by atoms with Gasteiger partial charge in [-0.05, 0) is 36.4 Å². The van der Waals surface area contributed by atoms with Crippen molar-refractivity contribution >= 4 is 23.4 Å². The molecular weight excluding hydrogens is 407 g/mol. The zero-order valence-corrected chi connectivity index (χ0v) is 16.8. The molecule has 3 aromatic carbocycles. The number of ether oxygens (including phenoxy) is 1. The smallest absolute Gasteiger partial charge is 0.252 e. The molecule has 3 aromatic rings. The lowest BCUT2D eigenvalue weighted by Crippen LogP contribution is -2.30. The predicted octanol–water partition coefficient (Wildman–Crippen LogP) is 4.71. The van der Waals surface area contributed by atoms with E-state index in [1.165, 1.54) is 6.07 Å². The quantitative estimate of drug-likeness (QED) is 0.548. The molecule has 0 saturated carbocycles. The molecule has 0 aliphatic rings. The standard InChI is InChI=1S/C23H20ClFN2O3/c24-20-14-17(25)10-11-19(20)23(29)26-13-12-22(28)27-15-16-6-4-5-9-21(16)30-18-7-2-1-3-8-18/h1-11,14H,12-13,15H2,(H,26,29)(H,27,28). The van der Waals surface area contributed by atoms with Crippen LogP contribution >= 0.6 is 11.6 Å². The predicted molar refractivity (Wildman–Crippen MR) is 113 cm³/mol. The van der Waals surface area contributed by atoms with Gasteiger partial charge in [0.25, 0.3) is 5.91 Å². The van der Waals surface area contributed by atoms with Crippen LogP contribution in [0.1, 0.15) is 22.3 Å². The van der Waals surface area contributed by atoms with Crippen LogP contribution in [0.15, 0.2) is 72.8 Å². The Morgan fingerprint density at radius 2 is 1.67 bits per heavy atom. The molecule has 7 heteroatoms. The van der Waals surface area contributed by atoms with E-state index in [1.807, 2.05) is 54.6 Å². The molecule has 0 radical (unpaired) electrons. The molecule has 0 heterocycles. The Bertz CT molecular complexity index is 1030. The minimum absolute atomic E-state index is 0.0203. The van der Waals surface area contributed by atoms with Gasteiger partial charge in [-0.3, -0.25) is 9.59 Å². The summed E-state index contributed by atoms with van der Waals surface area (Å²) in [6.45, 7) is 0.417. The molecule has 3 rings (SSSR count). The third-order valence-electron chi connectivity index (χ3n) is 4.23. The lowest BCUT2D eigenvalue weighted by atomic mass is 10.2. The van der Waals surface area contributed by atoms with Crippen molar-refractivity contribution in [1.29, 1.82) is 0 Å². The summed E-state index contributed by atoms with van der Waals surface area (Å²) in [4.78, 5) is 24.2. The molecule has 2 N–H and O–H groups in total. The van der Waals surface area contributed by atoms with Crippen molar-refractivity contribution in [2.75, 3.05) is 6.54 Å². The van der Waals surface area contributed by atoms with Gasteiger partial charge in [0, 0.05) is 25.1 Å². The van der Waals surface area contributed by atoms with Crippen molar-refractivity contribution in [3.63, 3.8) is 0 Å². The molecule has 0 spiro atoms. The molecule has 0 atom stereocenters. The summed E-state index contributed by atoms with van der Waals surface area (Å²) >= 11 is 5.86. The summed E-state index contributed by atoms with van der Waals surface area (Å²) < 4.78 is 18.9. The van der Waals surface area contributed by atoms with E-state index in [1.54, 1.807) is 0 Å². The molecule has 0 aliphatic carbocycles. The second-order valence-electron chi connectivity index (χ2n) is 6.43. The van der Waals surface area contributed by atoms with Gasteiger partial charge < -0.3 is 15.4 Å². The van der Waals surface area contributed by atoms with Crippen LogP contribution in [0.3, 0.4) is 0 Å². The van der Waals surface area contributed by atoms with E-state index >= 15 is 0 Å². The maximum atomic E-state index is 13.1. The first-order valence-corrected chi connectivity index (χ1v) is 9.71. The number of benzene rings is 3. The number of carbonyl (C=O) groups is 2. The zero-order valence-electron chi connectivity index (χ0n) is 16.0. The SMILES string of the molecule is O=C(CCNC(=O)c1ccc(F)cc1Cl)NCc1ccccc1Oc1ccccc1. The van der Waals surface area contributed by atoms with E-state index in [0.717, 1.165) is 17.7 Å². The van der Waals surface area contributed by atoms with Gasteiger partial charge in [-0.15, -0.1) is 0 Å². The van der Waals surface area contributed by atoms with E-state index in [9.17, 15) is 14.0 Å². The molecule has 0 bridgehead atoms. The van der Waals surface area contributed by atoms with Crippen LogP contribution in [0, 0.1) is 5.82 Å². The van der Waals surface area contributed by atoms with Crippen molar-refractivity contribution < 1.29 is 18.7 Å². The van der Waals surface area contributed by atoms with Gasteiger partial charge in [-0.25, -0.2) is 4.39 Å². The molecule has 0 aliphatic heterocycles. The Morgan fingerprint density at radius 1 is 0.933 bits per heavy atom. The van der Waals surface area contributed by atoms with Gasteiger partial charge in [0.05, 0.1) is 10.6 Å². The molecule has 5 nitrogen and oxygen atoms in total. The molecule has 154 valence electrons. The van der Waals surface area contributed by atoms with E-state index < -0.39 is 11.7 Å². The fourth-order valence-electron chi connectivity index (χ4n) is 2.71. The van der Waals surface area contributed by atoms with Gasteiger partial charge in [0.2, 0.25) is 5.91 Å². The number of carbonyl (C=O) groups excluding carboxylic acids is 2. The molecule has 0 saturated heterocycles. The summed E-state index contributed by atoms with van der Waals surface area (Å²) in [7, 11) is 0. The average molecular weight is 427 g/mol. The van der Waals surface area contributed by atoms with Crippen molar-refractivity contribution in [2.45, 2.75) is 13.0 Å². The Labute approximate surface area is 178 Å². The largest absolute Gasteiger partial charge is 0.457 e. The first kappa shape index (κ1) is 21.3. The fourth-order valence-corrected chi connectivity index (χ4v) is 2.96. The zero-order chi connectivity index (χ0) is 21.3. The molecule has 2 amide bonds. The highest BCUT2D eigenvalue weighted by atomic mass is 35.5. The molecule has 0 unspecified atom stereocenters. The molecule has 0 fully saturated rings. The normalized spacial score (nSPS) is 10.3. The summed E-state index contributed by atoms with van der Waals surface area (Å²) in [5.41, 5.74) is 0.988. The monoisotopic (exact) mass is 426 g/mol. The van der Waals surface area contributed by atoms with E-state index in [-0.39, 0.29) is 29.5 Å². The lowest BCUT2D eigenvalue weighted by Gasteiger charge is -2.12. The van der Waals surface area contributed by atoms with Crippen LogP contribution in [0.25, 0.3) is 0 Å². The summed E-state index contributed by atoms with van der Waals surface area (Å²) in [5, 5.41) is 5.43. The third-order valence-corrected chi connectivity index (χ3v) is 4.55. The Hall–Kier alpha value is -3.38. The van der Waals surface area contributed by atoms with Gasteiger partial charge in [0.15, 0.2) is 0 Å². The molecule has 30 heavy (non-hydrogen) atoms. The summed E-state index contributed by atoms with van der Waals surface area (Å²) in [6, 6.07) is 20.3. The number of rotatable bonds is 8. The van der Waals surface area contributed by atoms with Gasteiger partial charge >= 0.3 is 0 Å². The van der Waals surface area contributed by atoms with E-state index in [2.05, 4.69) is 10.6 Å². The van der Waals surface area contributed by atoms with Crippen molar-refractivity contribution in [2.24, 2.45) is 0 Å². The second kappa shape index (κ2) is 10.4. The topological polar surface area (TPSA) is 67.4 Å². The van der Waals surface area contributed by atoms with Crippen LogP contribution in [-0.4, -0.2) is 18.4 Å². The van der Waals surface area contributed by atoms with E-state index in [0.29, 0.717) is 18.0 Å². The van der Waals surface area contributed by atoms with Crippen LogP contribution in [-0.2, 0) is 11.3 Å². The van der Waals surface area contributed by atoms with Crippen molar-refractivity contribution in [1.82, 2.24) is 10.6 Å². The highest BCUT2D eigenvalue weighted by Gasteiger charge is 2.12. The Morgan fingerprint density at radius 3 is 2.43 bits per heavy atom. The number of amides is 2. The first-order chi connectivity index (χ1) is 14.5. The maximum Gasteiger partial charge on any atom is 0.252 e. The maximum absolute atomic E-state index is 13.1. The summed E-state index contributed by atoms with van der Waals surface area (Å²) in [6.07, 6.45) is 0.0895. The van der Waals surface area contributed by atoms with Crippen molar-refractivity contribution in [3.8, 4) is 11.5 Å². The van der Waals surface area contributed by atoms with Crippen LogP contribution in [0.2, 0.25) is 5.02 Å². The lowest BCUT2D eigenvalue weighted by molar-refractivity contribution is -0.121. The second-order valence-corrected chi connectivity index (χ2v) is 6.84. The van der Waals surface area contributed by atoms with Crippen LogP contribution in [0.4, 0.5) is 4.39 Å². The average Bonchev–Trinajstić information content (AvgIpc) is 2.74. The Balaban J connectivity index is 1.47. The summed E-state index contributed by atoms with van der Waals surface area (Å²) in [5.74, 6) is 0.151. The minimum atomic E-state index is -0.521. The third kappa shape index (κ3) is 6.06. The number of para-hydroxylation sites is 2. The molecule has 0 aromatic heterocycles. The number of hydrogen-bond donors (Lipinski definition) is 2. The fraction of sp³-hybridized carbons (Fsp3) is 0.130. The van der Waals surface area contributed by atoms with Gasteiger partial charge in [0.1, 0.15) is 17.3 Å².